The zero-order valence-electron chi connectivity index (χ0n) is 10.9. The van der Waals surface area contributed by atoms with Gasteiger partial charge in [0.15, 0.2) is 0 Å². The summed E-state index contributed by atoms with van der Waals surface area (Å²) in [6, 6.07) is 2.20. The van der Waals surface area contributed by atoms with Crippen LogP contribution in [0.25, 0.3) is 0 Å². The molecule has 0 fully saturated rings. The summed E-state index contributed by atoms with van der Waals surface area (Å²) in [6.07, 6.45) is 1.42. The van der Waals surface area contributed by atoms with Crippen LogP contribution in [0.15, 0.2) is 18.3 Å². The van der Waals surface area contributed by atoms with E-state index in [1.807, 2.05) is 0 Å². The van der Waals surface area contributed by atoms with Gasteiger partial charge in [-0.05, 0) is 12.1 Å². The molecule has 1 rings (SSSR count). The number of amides is 1. The Balaban J connectivity index is 2.56. The molecule has 1 aromatic rings. The molecule has 20 heavy (non-hydrogen) atoms. The minimum Gasteiger partial charge on any atom is -0.480 e. The Labute approximate surface area is 121 Å². The summed E-state index contributed by atoms with van der Waals surface area (Å²) in [5, 5.41) is 20.4. The Morgan fingerprint density at radius 3 is 2.70 bits per heavy atom. The molecule has 0 saturated heterocycles. The number of nitrogens with zero attached hydrogens (tertiary/aromatic N) is 2. The van der Waals surface area contributed by atoms with Crippen LogP contribution in [0.2, 0.25) is 5.02 Å². The van der Waals surface area contributed by atoms with Gasteiger partial charge in [0.05, 0.1) is 11.6 Å². The molecule has 8 heteroatoms. The normalized spacial score (nSPS) is 11.8. The van der Waals surface area contributed by atoms with Gasteiger partial charge in [-0.3, -0.25) is 4.79 Å². The number of nitrogens with one attached hydrogen (secondary N) is 1. The van der Waals surface area contributed by atoms with Gasteiger partial charge in [-0.1, -0.05) is 11.6 Å². The third-order valence-electron chi connectivity index (χ3n) is 2.53. The van der Waals surface area contributed by atoms with Crippen molar-refractivity contribution >= 4 is 29.3 Å². The van der Waals surface area contributed by atoms with Crippen LogP contribution in [-0.4, -0.2) is 53.3 Å². The highest BCUT2D eigenvalue weighted by atomic mass is 35.5. The molecule has 0 aliphatic carbocycles. The number of aromatic nitrogens is 1. The summed E-state index contributed by atoms with van der Waals surface area (Å²) < 4.78 is 0. The number of aliphatic hydroxyl groups excluding tert-OH is 1. The number of carboxylic acids is 1. The number of hydrogen-bond acceptors (Lipinski definition) is 5. The lowest BCUT2D eigenvalue weighted by Crippen LogP contribution is -2.45. The average Bonchev–Trinajstić information content (AvgIpc) is 2.38. The van der Waals surface area contributed by atoms with Crippen molar-refractivity contribution in [3.05, 3.63) is 23.4 Å². The lowest BCUT2D eigenvalue weighted by Gasteiger charge is -2.19. The van der Waals surface area contributed by atoms with E-state index in [0.717, 1.165) is 0 Å². The smallest absolute Gasteiger partial charge is 0.326 e. The van der Waals surface area contributed by atoms with Crippen molar-refractivity contribution in [2.24, 2.45) is 0 Å². The Kier molecular flexibility index (Phi) is 6.20. The Bertz CT molecular complexity index is 466. The first-order valence-electron chi connectivity index (χ1n) is 5.89. The number of rotatable bonds is 7. The number of carbonyl (C=O) groups is 2. The second-order valence-corrected chi connectivity index (χ2v) is 4.60. The van der Waals surface area contributed by atoms with E-state index in [1.165, 1.54) is 6.20 Å². The van der Waals surface area contributed by atoms with Crippen LogP contribution in [0, 0.1) is 0 Å². The number of pyridine rings is 1. The Hall–Kier alpha value is -1.86. The van der Waals surface area contributed by atoms with Gasteiger partial charge in [-0.2, -0.15) is 0 Å². The predicted octanol–water partition coefficient (Wildman–Crippen LogP) is 0.123. The highest BCUT2D eigenvalue weighted by Crippen LogP contribution is 2.12. The molecular weight excluding hydrogens is 286 g/mol. The standard InChI is InChI=1S/C12H16ClN3O4/c1-16(10-3-2-8(13)6-14-10)7-11(18)15-9(4-5-17)12(19)20/h2-3,6,9,17H,4-5,7H2,1H3,(H,15,18)(H,19,20)/t9-/m0/s1. The van der Waals surface area contributed by atoms with Crippen molar-refractivity contribution in [3.63, 3.8) is 0 Å². The summed E-state index contributed by atoms with van der Waals surface area (Å²) in [4.78, 5) is 28.2. The van der Waals surface area contributed by atoms with Gasteiger partial charge in [-0.25, -0.2) is 9.78 Å². The highest BCUT2D eigenvalue weighted by Gasteiger charge is 2.20. The lowest BCUT2D eigenvalue weighted by atomic mass is 10.2. The quantitative estimate of drug-likeness (QED) is 0.661. The maximum Gasteiger partial charge on any atom is 0.326 e. The first kappa shape index (κ1) is 16.2. The first-order chi connectivity index (χ1) is 9.43. The SMILES string of the molecule is CN(CC(=O)N[C@@H](CCO)C(=O)O)c1ccc(Cl)cn1. The second-order valence-electron chi connectivity index (χ2n) is 4.16. The molecule has 110 valence electrons. The molecule has 0 unspecified atom stereocenters. The van der Waals surface area contributed by atoms with E-state index in [9.17, 15) is 9.59 Å². The van der Waals surface area contributed by atoms with Crippen LogP contribution >= 0.6 is 11.6 Å². The molecule has 7 nitrogen and oxygen atoms in total. The minimum atomic E-state index is -1.18. The number of aliphatic hydroxyl groups is 1. The number of halogens is 1. The van der Waals surface area contributed by atoms with Crippen molar-refractivity contribution < 1.29 is 19.8 Å². The zero-order valence-corrected chi connectivity index (χ0v) is 11.7. The maximum absolute atomic E-state index is 11.7. The molecule has 1 heterocycles. The van der Waals surface area contributed by atoms with Crippen LogP contribution < -0.4 is 10.2 Å². The molecular formula is C12H16ClN3O4. The fraction of sp³-hybridized carbons (Fsp3) is 0.417. The summed E-state index contributed by atoms with van der Waals surface area (Å²) in [7, 11) is 1.65. The van der Waals surface area contributed by atoms with Crippen molar-refractivity contribution in [3.8, 4) is 0 Å². The molecule has 3 N–H and O–H groups in total. The van der Waals surface area contributed by atoms with Gasteiger partial charge in [0, 0.05) is 26.3 Å². The fourth-order valence-electron chi connectivity index (χ4n) is 1.52. The van der Waals surface area contributed by atoms with Gasteiger partial charge >= 0.3 is 5.97 Å². The third-order valence-corrected chi connectivity index (χ3v) is 2.76. The van der Waals surface area contributed by atoms with E-state index >= 15 is 0 Å². The van der Waals surface area contributed by atoms with Crippen LogP contribution in [0.5, 0.6) is 0 Å². The fourth-order valence-corrected chi connectivity index (χ4v) is 1.63. The first-order valence-corrected chi connectivity index (χ1v) is 6.27. The zero-order chi connectivity index (χ0) is 15.1. The number of anilines is 1. The van der Waals surface area contributed by atoms with E-state index in [2.05, 4.69) is 10.3 Å². The van der Waals surface area contributed by atoms with Crippen molar-refractivity contribution in [2.45, 2.75) is 12.5 Å². The number of aliphatic carboxylic acids is 1. The van der Waals surface area contributed by atoms with E-state index in [-0.39, 0.29) is 19.6 Å². The van der Waals surface area contributed by atoms with E-state index < -0.39 is 17.9 Å². The van der Waals surface area contributed by atoms with Crippen molar-refractivity contribution in [1.82, 2.24) is 10.3 Å². The molecule has 0 bridgehead atoms. The second kappa shape index (κ2) is 7.66. The lowest BCUT2D eigenvalue weighted by molar-refractivity contribution is -0.142. The number of carboxylic acid groups (broad SMARTS) is 1. The largest absolute Gasteiger partial charge is 0.480 e. The number of carbonyl (C=O) groups excluding carboxylic acids is 1. The van der Waals surface area contributed by atoms with Crippen LogP contribution in [0.1, 0.15) is 6.42 Å². The van der Waals surface area contributed by atoms with Crippen molar-refractivity contribution in [1.29, 1.82) is 0 Å². The minimum absolute atomic E-state index is 0.0377. The van der Waals surface area contributed by atoms with Crippen molar-refractivity contribution in [2.75, 3.05) is 25.1 Å². The monoisotopic (exact) mass is 301 g/mol. The molecule has 0 radical (unpaired) electrons. The summed E-state index contributed by atoms with van der Waals surface area (Å²) in [5.74, 6) is -1.11. The Morgan fingerprint density at radius 1 is 1.50 bits per heavy atom. The Morgan fingerprint density at radius 2 is 2.20 bits per heavy atom. The molecule has 0 aliphatic heterocycles. The average molecular weight is 302 g/mol. The number of hydrogen-bond donors (Lipinski definition) is 3. The number of likely N-dealkylation sites (N-methyl/N-ethyl adjacent to an activating group) is 1. The summed E-state index contributed by atoms with van der Waals surface area (Å²) in [5.41, 5.74) is 0. The molecule has 0 spiro atoms. The molecule has 0 aliphatic rings. The van der Waals surface area contributed by atoms with Crippen LogP contribution in [0.3, 0.4) is 0 Å². The molecule has 0 aromatic carbocycles. The molecule has 1 aromatic heterocycles. The van der Waals surface area contributed by atoms with Crippen LogP contribution in [-0.2, 0) is 9.59 Å². The summed E-state index contributed by atoms with van der Waals surface area (Å²) >= 11 is 5.71. The maximum atomic E-state index is 11.7. The topological polar surface area (TPSA) is 103 Å². The van der Waals surface area contributed by atoms with Crippen LogP contribution in [0.4, 0.5) is 5.82 Å². The van der Waals surface area contributed by atoms with E-state index in [4.69, 9.17) is 21.8 Å². The molecule has 1 atom stereocenters. The van der Waals surface area contributed by atoms with Gasteiger partial charge in [0.1, 0.15) is 11.9 Å². The van der Waals surface area contributed by atoms with Gasteiger partial charge in [0.2, 0.25) is 5.91 Å². The molecule has 0 saturated carbocycles. The van der Waals surface area contributed by atoms with E-state index in [1.54, 1.807) is 24.1 Å². The van der Waals surface area contributed by atoms with Gasteiger partial charge in [0.25, 0.3) is 0 Å². The summed E-state index contributed by atoms with van der Waals surface area (Å²) in [6.45, 7) is -0.365. The highest BCUT2D eigenvalue weighted by molar-refractivity contribution is 6.30. The van der Waals surface area contributed by atoms with Gasteiger partial charge < -0.3 is 20.4 Å². The van der Waals surface area contributed by atoms with Gasteiger partial charge in [-0.15, -0.1) is 0 Å². The third kappa shape index (κ3) is 5.02. The van der Waals surface area contributed by atoms with E-state index in [0.29, 0.717) is 10.8 Å². The predicted molar refractivity (Wildman–Crippen MR) is 73.8 cm³/mol. The molecule has 1 amide bonds.